The van der Waals surface area contributed by atoms with Crippen LogP contribution in [0, 0.1) is 0 Å². The first-order chi connectivity index (χ1) is 28.3. The van der Waals surface area contributed by atoms with E-state index in [9.17, 15) is 0 Å². The smallest absolute Gasteiger partial charge is 0.118 e. The second kappa shape index (κ2) is 12.3. The second-order valence-electron chi connectivity index (χ2n) is 15.0. The van der Waals surface area contributed by atoms with Crippen LogP contribution in [0.1, 0.15) is 34.0 Å². The van der Waals surface area contributed by atoms with E-state index in [1.54, 1.807) is 0 Å². The third-order valence-corrected chi connectivity index (χ3v) is 12.2. The molecular weight excluding hydrogens is 697 g/mol. The molecule has 9 aromatic rings. The van der Waals surface area contributed by atoms with E-state index in [1.165, 1.54) is 44.1 Å². The summed E-state index contributed by atoms with van der Waals surface area (Å²) in [6.45, 7) is 0. The summed E-state index contributed by atoms with van der Waals surface area (Å²) in [4.78, 5) is 21.2. The maximum atomic E-state index is 4.78. The van der Waals surface area contributed by atoms with Gasteiger partial charge in [0.15, 0.2) is 0 Å². The van der Waals surface area contributed by atoms with E-state index in [0.29, 0.717) is 0 Å². The van der Waals surface area contributed by atoms with E-state index < -0.39 is 5.41 Å². The molecule has 57 heavy (non-hydrogen) atoms. The van der Waals surface area contributed by atoms with Crippen molar-refractivity contribution in [3.8, 4) is 27.9 Å². The van der Waals surface area contributed by atoms with Gasteiger partial charge in [-0.1, -0.05) is 91.0 Å². The monoisotopic (exact) mass is 730 g/mol. The molecule has 1 aliphatic carbocycles. The molecule has 6 heterocycles. The van der Waals surface area contributed by atoms with Crippen molar-refractivity contribution in [3.05, 3.63) is 217 Å². The fourth-order valence-electron chi connectivity index (χ4n) is 9.96. The van der Waals surface area contributed by atoms with Gasteiger partial charge in [0.2, 0.25) is 0 Å². The van der Waals surface area contributed by atoms with Crippen LogP contribution < -0.4 is 4.90 Å². The van der Waals surface area contributed by atoms with Crippen LogP contribution in [0.2, 0.25) is 0 Å². The second-order valence-corrected chi connectivity index (χ2v) is 15.0. The Kier molecular flexibility index (Phi) is 6.87. The van der Waals surface area contributed by atoms with Gasteiger partial charge in [0.05, 0.1) is 33.9 Å². The van der Waals surface area contributed by atoms with Gasteiger partial charge >= 0.3 is 0 Å². The minimum absolute atomic E-state index is 0.0118. The highest BCUT2D eigenvalue weighted by Gasteiger charge is 2.48. The first-order valence-corrected chi connectivity index (χ1v) is 19.4. The number of anilines is 2. The molecule has 0 spiro atoms. The van der Waals surface area contributed by atoms with E-state index in [1.807, 2.05) is 61.5 Å². The standard InChI is InChI=1S/C51H34N6/c1-3-13-42-39(11-1)40-25-26-44-47(48(40)51(42,35-9-5-27-52-31-35)36-10-6-28-53-32-36)41-12-2-4-14-43(41)56(44)37-21-17-33(18-22-37)34-19-23-38(24-20-34)57-45-15-7-29-54-49(45)50-46(57)16-8-30-55-50/h1-32,45,49H. The number of hydrogen-bond donors (Lipinski definition) is 0. The Hall–Kier alpha value is -7.44. The van der Waals surface area contributed by atoms with Crippen molar-refractivity contribution in [2.24, 2.45) is 4.99 Å². The Morgan fingerprint density at radius 2 is 1.26 bits per heavy atom. The van der Waals surface area contributed by atoms with Gasteiger partial charge in [0.1, 0.15) is 6.04 Å². The van der Waals surface area contributed by atoms with Gasteiger partial charge in [-0.3, -0.25) is 19.9 Å². The number of aromatic nitrogens is 4. The first-order valence-electron chi connectivity index (χ1n) is 19.4. The van der Waals surface area contributed by atoms with Gasteiger partial charge in [-0.15, -0.1) is 0 Å². The van der Waals surface area contributed by atoms with Crippen LogP contribution in [0.25, 0.3) is 49.7 Å². The number of hydrogen-bond acceptors (Lipinski definition) is 5. The zero-order chi connectivity index (χ0) is 37.5. The summed E-state index contributed by atoms with van der Waals surface area (Å²) in [6, 6.07) is 53.0. The number of allylic oxidation sites excluding steroid dienone is 1. The molecule has 5 aromatic carbocycles. The SMILES string of the molecule is C1=CC2C(N=C1)c1ncccc1N2c1ccc(-c2ccc(-n3c4ccccc4c4c5c(ccc43)-c3ccccc3C5(c3cccnc3)c3cccnc3)cc2)cc1. The molecule has 2 atom stereocenters. The Balaban J connectivity index is 0.998. The van der Waals surface area contributed by atoms with Crippen molar-refractivity contribution < 1.29 is 0 Å². The molecule has 0 saturated carbocycles. The van der Waals surface area contributed by atoms with Crippen molar-refractivity contribution >= 4 is 39.4 Å². The van der Waals surface area contributed by atoms with E-state index in [0.717, 1.165) is 45.0 Å². The van der Waals surface area contributed by atoms with Gasteiger partial charge < -0.3 is 9.47 Å². The summed E-state index contributed by atoms with van der Waals surface area (Å²) >= 11 is 0. The van der Waals surface area contributed by atoms with Crippen LogP contribution >= 0.6 is 0 Å². The molecular formula is C51H34N6. The molecule has 6 heteroatoms. The van der Waals surface area contributed by atoms with Gasteiger partial charge in [0, 0.05) is 59.3 Å². The molecule has 0 fully saturated rings. The largest absolute Gasteiger partial charge is 0.330 e. The Bertz CT molecular complexity index is 3030. The quantitative estimate of drug-likeness (QED) is 0.177. The Morgan fingerprint density at radius 3 is 2.02 bits per heavy atom. The fourth-order valence-corrected chi connectivity index (χ4v) is 9.96. The topological polar surface area (TPSA) is 59.2 Å². The fraction of sp³-hybridized carbons (Fsp3) is 0.0588. The molecule has 268 valence electrons. The number of rotatable bonds is 5. The van der Waals surface area contributed by atoms with Gasteiger partial charge in [0.25, 0.3) is 0 Å². The maximum absolute atomic E-state index is 4.78. The van der Waals surface area contributed by atoms with Crippen molar-refractivity contribution in [2.45, 2.75) is 17.5 Å². The highest BCUT2D eigenvalue weighted by Crippen LogP contribution is 2.59. The molecule has 12 rings (SSSR count). The molecule has 3 aliphatic rings. The molecule has 0 saturated heterocycles. The predicted octanol–water partition coefficient (Wildman–Crippen LogP) is 11.2. The molecule has 0 bridgehead atoms. The van der Waals surface area contributed by atoms with Gasteiger partial charge in [-0.25, -0.2) is 0 Å². The summed E-state index contributed by atoms with van der Waals surface area (Å²) in [5.41, 5.74) is 15.7. The average molecular weight is 731 g/mol. The van der Waals surface area contributed by atoms with E-state index in [2.05, 4.69) is 153 Å². The van der Waals surface area contributed by atoms with Crippen molar-refractivity contribution in [1.29, 1.82) is 0 Å². The van der Waals surface area contributed by atoms with Gasteiger partial charge in [-0.05, 0) is 111 Å². The third-order valence-electron chi connectivity index (χ3n) is 12.2. The number of benzene rings is 5. The zero-order valence-corrected chi connectivity index (χ0v) is 30.8. The number of dihydropyridines is 1. The normalized spacial score (nSPS) is 17.1. The number of fused-ring (bicyclic) bond motifs is 10. The number of para-hydroxylation sites is 1. The van der Waals surface area contributed by atoms with Crippen molar-refractivity contribution in [2.75, 3.05) is 4.90 Å². The highest BCUT2D eigenvalue weighted by atomic mass is 15.2. The minimum atomic E-state index is -0.617. The number of nitrogens with zero attached hydrogens (tertiary/aromatic N) is 6. The van der Waals surface area contributed by atoms with Crippen LogP contribution in [0.5, 0.6) is 0 Å². The third kappa shape index (κ3) is 4.46. The van der Waals surface area contributed by atoms with E-state index in [4.69, 9.17) is 9.98 Å². The molecule has 0 N–H and O–H groups in total. The molecule has 4 aromatic heterocycles. The van der Waals surface area contributed by atoms with Crippen LogP contribution in [0.15, 0.2) is 194 Å². The van der Waals surface area contributed by atoms with Crippen LogP contribution in [0.3, 0.4) is 0 Å². The molecule has 6 nitrogen and oxygen atoms in total. The summed E-state index contributed by atoms with van der Waals surface area (Å²) in [5.74, 6) is 0. The highest BCUT2D eigenvalue weighted by molar-refractivity contribution is 6.15. The lowest BCUT2D eigenvalue weighted by molar-refractivity contribution is 0.655. The lowest BCUT2D eigenvalue weighted by Crippen LogP contribution is -2.29. The Morgan fingerprint density at radius 1 is 0.561 bits per heavy atom. The lowest BCUT2D eigenvalue weighted by Gasteiger charge is -2.33. The van der Waals surface area contributed by atoms with E-state index in [-0.39, 0.29) is 12.1 Å². The zero-order valence-electron chi connectivity index (χ0n) is 30.8. The molecule has 2 aliphatic heterocycles. The van der Waals surface area contributed by atoms with Gasteiger partial charge in [-0.2, -0.15) is 0 Å². The summed E-state index contributed by atoms with van der Waals surface area (Å²) in [7, 11) is 0. The molecule has 0 amide bonds. The number of pyridine rings is 3. The lowest BCUT2D eigenvalue weighted by atomic mass is 9.67. The summed E-state index contributed by atoms with van der Waals surface area (Å²) in [6.07, 6.45) is 15.8. The van der Waals surface area contributed by atoms with E-state index >= 15 is 0 Å². The average Bonchev–Trinajstić information content (AvgIpc) is 3.92. The molecule has 0 radical (unpaired) electrons. The van der Waals surface area contributed by atoms with Crippen LogP contribution in [0.4, 0.5) is 11.4 Å². The van der Waals surface area contributed by atoms with Crippen molar-refractivity contribution in [1.82, 2.24) is 19.5 Å². The Labute approximate surface area is 329 Å². The minimum Gasteiger partial charge on any atom is -0.330 e. The summed E-state index contributed by atoms with van der Waals surface area (Å²) < 4.78 is 2.42. The van der Waals surface area contributed by atoms with Crippen LogP contribution in [-0.4, -0.2) is 31.8 Å². The van der Waals surface area contributed by atoms with Crippen LogP contribution in [-0.2, 0) is 5.41 Å². The summed E-state index contributed by atoms with van der Waals surface area (Å²) in [5, 5.41) is 2.46. The molecule has 2 unspecified atom stereocenters. The number of aliphatic imine (C=N–C) groups is 1. The van der Waals surface area contributed by atoms with Crippen molar-refractivity contribution in [3.63, 3.8) is 0 Å². The first kappa shape index (κ1) is 31.9. The maximum Gasteiger partial charge on any atom is 0.118 e. The predicted molar refractivity (Wildman–Crippen MR) is 230 cm³/mol.